The van der Waals surface area contributed by atoms with Crippen molar-refractivity contribution in [2.24, 2.45) is 0 Å². The summed E-state index contributed by atoms with van der Waals surface area (Å²) in [6.45, 7) is 0. The van der Waals surface area contributed by atoms with Crippen LogP contribution in [-0.2, 0) is 9.53 Å². The summed E-state index contributed by atoms with van der Waals surface area (Å²) in [6.07, 6.45) is 0. The Labute approximate surface area is 136 Å². The Hall–Kier alpha value is -2.47. The standard InChI is InChI=1S/C17H13FN2O2S/c1-22-15(21)10-23-17-14-5-3-2-4-13(14)16(19-20-17)11-6-8-12(18)9-7-11/h2-9H,10H2,1H3. The van der Waals surface area contributed by atoms with E-state index in [9.17, 15) is 9.18 Å². The lowest BCUT2D eigenvalue weighted by atomic mass is 10.1. The normalized spacial score (nSPS) is 10.7. The van der Waals surface area contributed by atoms with Crippen LogP contribution in [0.1, 0.15) is 0 Å². The lowest BCUT2D eigenvalue weighted by Gasteiger charge is -2.08. The first-order chi connectivity index (χ1) is 11.2. The quantitative estimate of drug-likeness (QED) is 0.540. The lowest BCUT2D eigenvalue weighted by Crippen LogP contribution is -2.04. The maximum Gasteiger partial charge on any atom is 0.316 e. The smallest absolute Gasteiger partial charge is 0.316 e. The van der Waals surface area contributed by atoms with Crippen molar-refractivity contribution in [1.82, 2.24) is 10.2 Å². The summed E-state index contributed by atoms with van der Waals surface area (Å²) in [7, 11) is 1.35. The number of halogens is 1. The summed E-state index contributed by atoms with van der Waals surface area (Å²) in [5.74, 6) is -0.440. The number of esters is 1. The van der Waals surface area contributed by atoms with E-state index in [0.717, 1.165) is 16.3 Å². The molecule has 116 valence electrons. The van der Waals surface area contributed by atoms with E-state index in [-0.39, 0.29) is 17.5 Å². The van der Waals surface area contributed by atoms with Crippen LogP contribution in [-0.4, -0.2) is 29.0 Å². The summed E-state index contributed by atoms with van der Waals surface area (Å²) in [4.78, 5) is 11.3. The number of carbonyl (C=O) groups is 1. The van der Waals surface area contributed by atoms with Gasteiger partial charge in [-0.1, -0.05) is 36.0 Å². The predicted octanol–water partition coefficient (Wildman–Crippen LogP) is 3.70. The molecule has 0 atom stereocenters. The van der Waals surface area contributed by atoms with Crippen LogP contribution in [0.25, 0.3) is 22.0 Å². The number of carbonyl (C=O) groups excluding carboxylic acids is 1. The highest BCUT2D eigenvalue weighted by atomic mass is 32.2. The highest BCUT2D eigenvalue weighted by Crippen LogP contribution is 2.31. The Morgan fingerprint density at radius 1 is 1.09 bits per heavy atom. The fourth-order valence-electron chi connectivity index (χ4n) is 2.19. The lowest BCUT2D eigenvalue weighted by molar-refractivity contribution is -0.137. The third-order valence-electron chi connectivity index (χ3n) is 3.33. The number of nitrogens with zero attached hydrogens (tertiary/aromatic N) is 2. The van der Waals surface area contributed by atoms with E-state index < -0.39 is 0 Å². The minimum absolute atomic E-state index is 0.172. The number of methoxy groups -OCH3 is 1. The van der Waals surface area contributed by atoms with Gasteiger partial charge < -0.3 is 4.74 Å². The minimum atomic E-state index is -0.316. The molecule has 6 heteroatoms. The second-order valence-corrected chi connectivity index (χ2v) is 5.74. The van der Waals surface area contributed by atoms with Crippen LogP contribution in [0.2, 0.25) is 0 Å². The summed E-state index contributed by atoms with van der Waals surface area (Å²) in [5.41, 5.74) is 1.47. The Morgan fingerprint density at radius 2 is 1.78 bits per heavy atom. The van der Waals surface area contributed by atoms with E-state index in [1.54, 1.807) is 12.1 Å². The topological polar surface area (TPSA) is 52.1 Å². The molecular weight excluding hydrogens is 315 g/mol. The number of thioether (sulfide) groups is 1. The van der Waals surface area contributed by atoms with Crippen LogP contribution in [0.15, 0.2) is 53.6 Å². The van der Waals surface area contributed by atoms with Crippen LogP contribution in [0.3, 0.4) is 0 Å². The molecule has 0 aliphatic heterocycles. The number of rotatable bonds is 4. The Balaban J connectivity index is 2.05. The molecule has 0 fully saturated rings. The second-order valence-electron chi connectivity index (χ2n) is 4.77. The van der Waals surface area contributed by atoms with Crippen molar-refractivity contribution in [3.8, 4) is 11.3 Å². The Kier molecular flexibility index (Phi) is 4.52. The minimum Gasteiger partial charge on any atom is -0.468 e. The van der Waals surface area contributed by atoms with E-state index in [2.05, 4.69) is 14.9 Å². The van der Waals surface area contributed by atoms with E-state index in [1.807, 2.05) is 24.3 Å². The number of benzene rings is 2. The Bertz CT molecular complexity index is 853. The van der Waals surface area contributed by atoms with Crippen LogP contribution in [0.4, 0.5) is 4.39 Å². The average molecular weight is 328 g/mol. The predicted molar refractivity (Wildman–Crippen MR) is 87.7 cm³/mol. The molecule has 0 saturated carbocycles. The molecule has 3 rings (SSSR count). The molecule has 0 radical (unpaired) electrons. The van der Waals surface area contributed by atoms with Crippen molar-refractivity contribution in [2.75, 3.05) is 12.9 Å². The number of aromatic nitrogens is 2. The van der Waals surface area contributed by atoms with Crippen molar-refractivity contribution in [3.05, 3.63) is 54.3 Å². The molecule has 23 heavy (non-hydrogen) atoms. The van der Waals surface area contributed by atoms with Crippen molar-refractivity contribution < 1.29 is 13.9 Å². The van der Waals surface area contributed by atoms with Gasteiger partial charge in [0.15, 0.2) is 0 Å². The zero-order valence-electron chi connectivity index (χ0n) is 12.3. The van der Waals surface area contributed by atoms with Gasteiger partial charge in [0.2, 0.25) is 0 Å². The van der Waals surface area contributed by atoms with Gasteiger partial charge >= 0.3 is 5.97 Å². The molecule has 1 heterocycles. The molecule has 0 aliphatic rings. The van der Waals surface area contributed by atoms with E-state index in [1.165, 1.54) is 31.0 Å². The average Bonchev–Trinajstić information content (AvgIpc) is 2.60. The molecule has 0 aliphatic carbocycles. The molecule has 0 saturated heterocycles. The molecular formula is C17H13FN2O2S. The summed E-state index contributed by atoms with van der Waals surface area (Å²) in [6, 6.07) is 13.8. The first-order valence-electron chi connectivity index (χ1n) is 6.90. The number of fused-ring (bicyclic) bond motifs is 1. The maximum absolute atomic E-state index is 13.1. The van der Waals surface area contributed by atoms with Crippen molar-refractivity contribution in [2.45, 2.75) is 5.03 Å². The highest BCUT2D eigenvalue weighted by Gasteiger charge is 2.12. The molecule has 2 aromatic carbocycles. The summed E-state index contributed by atoms with van der Waals surface area (Å²) >= 11 is 1.28. The van der Waals surface area contributed by atoms with Crippen molar-refractivity contribution in [3.63, 3.8) is 0 Å². The molecule has 0 amide bonds. The summed E-state index contributed by atoms with van der Waals surface area (Å²) in [5, 5.41) is 11.0. The zero-order chi connectivity index (χ0) is 16.2. The zero-order valence-corrected chi connectivity index (χ0v) is 13.1. The van der Waals surface area contributed by atoms with Gasteiger partial charge in [-0.05, 0) is 24.3 Å². The highest BCUT2D eigenvalue weighted by molar-refractivity contribution is 8.00. The van der Waals surface area contributed by atoms with E-state index in [0.29, 0.717) is 10.7 Å². The SMILES string of the molecule is COC(=O)CSc1nnc(-c2ccc(F)cc2)c2ccccc12. The van der Waals surface area contributed by atoms with Crippen molar-refractivity contribution >= 4 is 28.5 Å². The van der Waals surface area contributed by atoms with E-state index >= 15 is 0 Å². The van der Waals surface area contributed by atoms with E-state index in [4.69, 9.17) is 0 Å². The number of hydrogen-bond acceptors (Lipinski definition) is 5. The second kappa shape index (κ2) is 6.75. The van der Waals surface area contributed by atoms with Gasteiger partial charge in [0.25, 0.3) is 0 Å². The third kappa shape index (κ3) is 3.32. The molecule has 0 N–H and O–H groups in total. The third-order valence-corrected chi connectivity index (χ3v) is 4.28. The monoisotopic (exact) mass is 328 g/mol. The molecule has 0 bridgehead atoms. The molecule has 4 nitrogen and oxygen atoms in total. The van der Waals surface area contributed by atoms with Gasteiger partial charge in [0.05, 0.1) is 12.9 Å². The van der Waals surface area contributed by atoms with Gasteiger partial charge in [-0.25, -0.2) is 4.39 Å². The van der Waals surface area contributed by atoms with Gasteiger partial charge in [-0.2, -0.15) is 0 Å². The number of hydrogen-bond donors (Lipinski definition) is 0. The molecule has 0 spiro atoms. The Morgan fingerprint density at radius 3 is 2.48 bits per heavy atom. The summed E-state index contributed by atoms with van der Waals surface area (Å²) < 4.78 is 17.8. The van der Waals surface area contributed by atoms with Gasteiger partial charge in [0.1, 0.15) is 16.5 Å². The maximum atomic E-state index is 13.1. The largest absolute Gasteiger partial charge is 0.468 e. The van der Waals surface area contributed by atoms with Gasteiger partial charge in [-0.3, -0.25) is 4.79 Å². The first kappa shape index (κ1) is 15.4. The van der Waals surface area contributed by atoms with Gasteiger partial charge in [0, 0.05) is 16.3 Å². The number of ether oxygens (including phenoxy) is 1. The first-order valence-corrected chi connectivity index (χ1v) is 7.88. The van der Waals surface area contributed by atoms with Crippen LogP contribution < -0.4 is 0 Å². The van der Waals surface area contributed by atoms with Crippen LogP contribution >= 0.6 is 11.8 Å². The fraction of sp³-hybridized carbons (Fsp3) is 0.118. The molecule has 0 unspecified atom stereocenters. The van der Waals surface area contributed by atoms with Crippen molar-refractivity contribution in [1.29, 1.82) is 0 Å². The fourth-order valence-corrected chi connectivity index (χ4v) is 3.00. The molecule has 3 aromatic rings. The van der Waals surface area contributed by atoms with Crippen LogP contribution in [0.5, 0.6) is 0 Å². The van der Waals surface area contributed by atoms with Gasteiger partial charge in [-0.15, -0.1) is 10.2 Å². The molecule has 1 aromatic heterocycles. The van der Waals surface area contributed by atoms with Crippen LogP contribution in [0, 0.1) is 5.82 Å².